The highest BCUT2D eigenvalue weighted by Crippen LogP contribution is 2.70. The molecule has 2 saturated carbocycles. The first-order valence-corrected chi connectivity index (χ1v) is 10.2. The highest BCUT2D eigenvalue weighted by Gasteiger charge is 2.72. The van der Waals surface area contributed by atoms with Crippen LogP contribution in [0.1, 0.15) is 40.0 Å². The van der Waals surface area contributed by atoms with Crippen molar-refractivity contribution in [2.75, 3.05) is 0 Å². The Labute approximate surface area is 123 Å². The third kappa shape index (κ3) is 1.94. The van der Waals surface area contributed by atoms with Crippen molar-refractivity contribution in [2.45, 2.75) is 45.3 Å². The monoisotopic (exact) mass is 329 g/mol. The van der Waals surface area contributed by atoms with Crippen LogP contribution in [0.15, 0.2) is 0 Å². The van der Waals surface area contributed by atoms with Gasteiger partial charge in [0.15, 0.2) is 0 Å². The van der Waals surface area contributed by atoms with Gasteiger partial charge in [0.1, 0.15) is 5.22 Å². The van der Waals surface area contributed by atoms with Gasteiger partial charge in [-0.15, -0.1) is 0 Å². The van der Waals surface area contributed by atoms with Crippen LogP contribution in [-0.4, -0.2) is 49.6 Å². The SMILES string of the molecule is CC1(C)C2CCC1(C)C(O)([Si]1O[Si]O[Si]O[Si]O1)C2. The van der Waals surface area contributed by atoms with Gasteiger partial charge in [-0.1, -0.05) is 20.8 Å². The van der Waals surface area contributed by atoms with E-state index in [1.54, 1.807) is 0 Å². The molecule has 1 aliphatic heterocycles. The van der Waals surface area contributed by atoms with Gasteiger partial charge in [-0.2, -0.15) is 0 Å². The summed E-state index contributed by atoms with van der Waals surface area (Å²) in [6.07, 6.45) is 3.01. The van der Waals surface area contributed by atoms with Gasteiger partial charge in [-0.05, 0) is 30.6 Å². The van der Waals surface area contributed by atoms with Gasteiger partial charge in [0.05, 0.1) is 0 Å². The molecule has 0 spiro atoms. The average Bonchev–Trinajstić information content (AvgIpc) is 2.60. The first kappa shape index (κ1) is 14.6. The Bertz CT molecular complexity index is 362. The van der Waals surface area contributed by atoms with Gasteiger partial charge in [0.25, 0.3) is 0 Å². The first-order valence-electron chi connectivity index (χ1n) is 6.42. The minimum absolute atomic E-state index is 0.0264. The highest BCUT2D eigenvalue weighted by molar-refractivity contribution is 6.62. The summed E-state index contributed by atoms with van der Waals surface area (Å²) >= 11 is 0. The molecule has 0 amide bonds. The Balaban J connectivity index is 1.87. The Kier molecular flexibility index (Phi) is 3.73. The van der Waals surface area contributed by atoms with E-state index in [9.17, 15) is 5.11 Å². The van der Waals surface area contributed by atoms with Crippen molar-refractivity contribution < 1.29 is 21.6 Å². The smallest absolute Gasteiger partial charge is 0.412 e. The van der Waals surface area contributed by atoms with E-state index >= 15 is 0 Å². The fourth-order valence-corrected chi connectivity index (χ4v) is 9.65. The van der Waals surface area contributed by atoms with Crippen LogP contribution in [0.5, 0.6) is 0 Å². The summed E-state index contributed by atoms with van der Waals surface area (Å²) in [5.41, 5.74) is -0.0143. The minimum Gasteiger partial charge on any atom is -0.412 e. The van der Waals surface area contributed by atoms with Crippen LogP contribution in [0.4, 0.5) is 0 Å². The molecule has 7 radical (unpaired) electrons. The summed E-state index contributed by atoms with van der Waals surface area (Å²) in [4.78, 5) is 0. The molecule has 9 heteroatoms. The predicted octanol–water partition coefficient (Wildman–Crippen LogP) is 0.274. The van der Waals surface area contributed by atoms with Gasteiger partial charge in [0.2, 0.25) is 0 Å². The zero-order chi connectivity index (χ0) is 13.7. The van der Waals surface area contributed by atoms with E-state index in [2.05, 4.69) is 20.8 Å². The van der Waals surface area contributed by atoms with Crippen LogP contribution in [0.2, 0.25) is 0 Å². The van der Waals surface area contributed by atoms with E-state index < -0.39 is 14.5 Å². The lowest BCUT2D eigenvalue weighted by molar-refractivity contribution is -0.0473. The Morgan fingerprint density at radius 1 is 1.11 bits per heavy atom. The standard InChI is InChI=1S/C10H17O5Si4/c1-8(2)7-4-5-9(8,3)10(11,6-7)19-14-17-12-16-13-18-15-19/h7,11H,4-6H2,1-3H3. The Morgan fingerprint density at radius 3 is 2.21 bits per heavy atom. The summed E-state index contributed by atoms with van der Waals surface area (Å²) in [7, 11) is -2.02. The van der Waals surface area contributed by atoms with Crippen LogP contribution in [-0.2, 0) is 16.5 Å². The second kappa shape index (κ2) is 4.85. The van der Waals surface area contributed by atoms with Crippen LogP contribution in [0.25, 0.3) is 0 Å². The Hall–Kier alpha value is 0.668. The number of aliphatic hydroxyl groups is 1. The van der Waals surface area contributed by atoms with Gasteiger partial charge in [-0.3, -0.25) is 0 Å². The molecule has 2 aliphatic carbocycles. The molecule has 3 atom stereocenters. The third-order valence-corrected chi connectivity index (χ3v) is 10.6. The lowest BCUT2D eigenvalue weighted by Crippen LogP contribution is -2.61. The normalized spacial score (nSPS) is 47.1. The molecule has 103 valence electrons. The quantitative estimate of drug-likeness (QED) is 0.700. The topological polar surface area (TPSA) is 57.2 Å². The molecule has 0 aromatic carbocycles. The summed E-state index contributed by atoms with van der Waals surface area (Å²) in [5, 5.41) is 10.5. The number of rotatable bonds is 1. The molecule has 3 fully saturated rings. The predicted molar refractivity (Wildman–Crippen MR) is 71.5 cm³/mol. The van der Waals surface area contributed by atoms with E-state index in [0.717, 1.165) is 12.8 Å². The fourth-order valence-electron chi connectivity index (χ4n) is 3.95. The van der Waals surface area contributed by atoms with Crippen LogP contribution < -0.4 is 0 Å². The molecular weight excluding hydrogens is 312 g/mol. The van der Waals surface area contributed by atoms with Crippen LogP contribution >= 0.6 is 0 Å². The minimum atomic E-state index is -1.81. The number of fused-ring (bicyclic) bond motifs is 2. The molecule has 1 saturated heterocycles. The Morgan fingerprint density at radius 2 is 1.74 bits per heavy atom. The molecule has 19 heavy (non-hydrogen) atoms. The molecule has 0 aromatic rings. The van der Waals surface area contributed by atoms with Gasteiger partial charge in [0, 0.05) is 5.41 Å². The molecule has 0 aromatic heterocycles. The van der Waals surface area contributed by atoms with E-state index in [4.69, 9.17) is 16.5 Å². The zero-order valence-electron chi connectivity index (χ0n) is 11.3. The van der Waals surface area contributed by atoms with Crippen molar-refractivity contribution in [2.24, 2.45) is 16.7 Å². The molecule has 3 aliphatic rings. The van der Waals surface area contributed by atoms with Crippen molar-refractivity contribution in [3.63, 3.8) is 0 Å². The van der Waals surface area contributed by atoms with Crippen molar-refractivity contribution in [1.29, 1.82) is 0 Å². The van der Waals surface area contributed by atoms with Crippen molar-refractivity contribution in [3.05, 3.63) is 0 Å². The van der Waals surface area contributed by atoms with E-state index in [-0.39, 0.29) is 40.8 Å². The zero-order valence-corrected chi connectivity index (χ0v) is 15.3. The van der Waals surface area contributed by atoms with Crippen molar-refractivity contribution in [3.8, 4) is 0 Å². The summed E-state index contributed by atoms with van der Waals surface area (Å²) < 4.78 is 22.0. The maximum atomic E-state index is 11.3. The molecular formula is C10H17O5Si4. The van der Waals surface area contributed by atoms with E-state index in [1.165, 1.54) is 6.42 Å². The largest absolute Gasteiger partial charge is 0.412 e. The molecule has 1 heterocycles. The first-order chi connectivity index (χ1) is 8.92. The summed E-state index contributed by atoms with van der Waals surface area (Å²) in [5.74, 6) is 0.549. The molecule has 3 unspecified atom stereocenters. The van der Waals surface area contributed by atoms with Crippen molar-refractivity contribution in [1.82, 2.24) is 0 Å². The van der Waals surface area contributed by atoms with Gasteiger partial charge >= 0.3 is 39.3 Å². The lowest BCUT2D eigenvalue weighted by Gasteiger charge is -2.46. The molecule has 3 rings (SSSR count). The van der Waals surface area contributed by atoms with Gasteiger partial charge in [-0.25, -0.2) is 0 Å². The maximum Gasteiger partial charge on any atom is 0.412 e. The fraction of sp³-hybridized carbons (Fsp3) is 1.00. The molecule has 2 bridgehead atoms. The highest BCUT2D eigenvalue weighted by atomic mass is 28.4. The second-order valence-electron chi connectivity index (χ2n) is 6.30. The molecule has 1 N–H and O–H groups in total. The van der Waals surface area contributed by atoms with Gasteiger partial charge < -0.3 is 21.6 Å². The molecule has 5 nitrogen and oxygen atoms in total. The average molecular weight is 330 g/mol. The summed E-state index contributed by atoms with van der Waals surface area (Å²) in [6.45, 7) is 6.73. The van der Waals surface area contributed by atoms with Crippen LogP contribution in [0.3, 0.4) is 0 Å². The van der Waals surface area contributed by atoms with E-state index in [1.807, 2.05) is 0 Å². The third-order valence-electron chi connectivity index (χ3n) is 5.66. The summed E-state index contributed by atoms with van der Waals surface area (Å²) in [6, 6.07) is 0. The van der Waals surface area contributed by atoms with Crippen molar-refractivity contribution >= 4 is 39.3 Å². The van der Waals surface area contributed by atoms with Crippen LogP contribution in [0, 0.1) is 16.7 Å². The second-order valence-corrected chi connectivity index (χ2v) is 11.5. The van der Waals surface area contributed by atoms with E-state index in [0.29, 0.717) is 5.92 Å². The lowest BCUT2D eigenvalue weighted by atomic mass is 9.69. The number of hydrogen-bond donors (Lipinski definition) is 1. The maximum absolute atomic E-state index is 11.3. The number of hydrogen-bond acceptors (Lipinski definition) is 5.